The standard InChI is InChI=1S/C14H16BrN3/c1-9-4-11(5-10(2)14(9)15)18-13-6-12(16-3)7-17-8-13/h4-8,16,18H,1-3H3. The number of nitrogens with one attached hydrogen (secondary N) is 2. The summed E-state index contributed by atoms with van der Waals surface area (Å²) in [6.07, 6.45) is 3.61. The molecule has 3 nitrogen and oxygen atoms in total. The van der Waals surface area contributed by atoms with E-state index in [0.29, 0.717) is 0 Å². The molecule has 0 saturated carbocycles. The number of rotatable bonds is 3. The summed E-state index contributed by atoms with van der Waals surface area (Å²) >= 11 is 3.57. The number of hydrogen-bond donors (Lipinski definition) is 2. The van der Waals surface area contributed by atoms with Crippen molar-refractivity contribution in [2.45, 2.75) is 13.8 Å². The fourth-order valence-corrected chi connectivity index (χ4v) is 2.06. The van der Waals surface area contributed by atoms with Gasteiger partial charge in [-0.15, -0.1) is 0 Å². The van der Waals surface area contributed by atoms with Gasteiger partial charge in [0.25, 0.3) is 0 Å². The summed E-state index contributed by atoms with van der Waals surface area (Å²) in [6, 6.07) is 6.26. The van der Waals surface area contributed by atoms with E-state index in [1.165, 1.54) is 11.1 Å². The molecule has 1 aromatic carbocycles. The number of nitrogens with zero attached hydrogens (tertiary/aromatic N) is 1. The van der Waals surface area contributed by atoms with Gasteiger partial charge in [-0.3, -0.25) is 4.98 Å². The molecule has 0 aliphatic heterocycles. The largest absolute Gasteiger partial charge is 0.387 e. The summed E-state index contributed by atoms with van der Waals surface area (Å²) < 4.78 is 1.16. The van der Waals surface area contributed by atoms with Crippen molar-refractivity contribution in [3.8, 4) is 0 Å². The molecular formula is C14H16BrN3. The third-order valence-corrected chi connectivity index (χ3v) is 4.00. The van der Waals surface area contributed by atoms with E-state index < -0.39 is 0 Å². The molecule has 0 bridgehead atoms. The molecule has 0 radical (unpaired) electrons. The first-order chi connectivity index (χ1) is 8.60. The van der Waals surface area contributed by atoms with Crippen LogP contribution in [0.3, 0.4) is 0 Å². The highest BCUT2D eigenvalue weighted by Crippen LogP contribution is 2.27. The first kappa shape index (κ1) is 12.9. The minimum atomic E-state index is 0.975. The lowest BCUT2D eigenvalue weighted by atomic mass is 10.1. The molecule has 0 unspecified atom stereocenters. The maximum absolute atomic E-state index is 4.18. The normalized spacial score (nSPS) is 10.2. The van der Waals surface area contributed by atoms with Gasteiger partial charge in [-0.05, 0) is 43.2 Å². The molecule has 1 heterocycles. The van der Waals surface area contributed by atoms with Crippen molar-refractivity contribution in [3.05, 3.63) is 46.2 Å². The van der Waals surface area contributed by atoms with Gasteiger partial charge in [0, 0.05) is 17.2 Å². The summed E-state index contributed by atoms with van der Waals surface area (Å²) in [7, 11) is 1.88. The zero-order valence-electron chi connectivity index (χ0n) is 10.7. The average molecular weight is 306 g/mol. The Labute approximate surface area is 116 Å². The minimum absolute atomic E-state index is 0.975. The molecule has 0 amide bonds. The number of hydrogen-bond acceptors (Lipinski definition) is 3. The Kier molecular flexibility index (Phi) is 3.87. The molecule has 18 heavy (non-hydrogen) atoms. The first-order valence-electron chi connectivity index (χ1n) is 5.76. The van der Waals surface area contributed by atoms with Crippen molar-refractivity contribution in [1.82, 2.24) is 4.98 Å². The Morgan fingerprint density at radius 1 is 0.944 bits per heavy atom. The summed E-state index contributed by atoms with van der Waals surface area (Å²) in [6.45, 7) is 4.18. The number of aryl methyl sites for hydroxylation is 2. The molecular weight excluding hydrogens is 290 g/mol. The average Bonchev–Trinajstić information content (AvgIpc) is 2.36. The molecule has 94 valence electrons. The third-order valence-electron chi connectivity index (χ3n) is 2.75. The van der Waals surface area contributed by atoms with Gasteiger partial charge in [-0.25, -0.2) is 0 Å². The molecule has 1 aromatic heterocycles. The zero-order chi connectivity index (χ0) is 13.1. The quantitative estimate of drug-likeness (QED) is 0.890. The van der Waals surface area contributed by atoms with Gasteiger partial charge < -0.3 is 10.6 Å². The first-order valence-corrected chi connectivity index (χ1v) is 6.56. The number of anilines is 3. The molecule has 2 N–H and O–H groups in total. The van der Waals surface area contributed by atoms with Gasteiger partial charge in [0.15, 0.2) is 0 Å². The van der Waals surface area contributed by atoms with Gasteiger partial charge in [-0.1, -0.05) is 15.9 Å². The van der Waals surface area contributed by atoms with Gasteiger partial charge in [-0.2, -0.15) is 0 Å². The molecule has 0 aliphatic carbocycles. The second-order valence-corrected chi connectivity index (χ2v) is 5.05. The lowest BCUT2D eigenvalue weighted by molar-refractivity contribution is 1.29. The topological polar surface area (TPSA) is 37.0 Å². The Morgan fingerprint density at radius 2 is 1.56 bits per heavy atom. The van der Waals surface area contributed by atoms with E-state index in [4.69, 9.17) is 0 Å². The molecule has 0 saturated heterocycles. The van der Waals surface area contributed by atoms with Crippen LogP contribution in [0, 0.1) is 13.8 Å². The Balaban J connectivity index is 2.28. The fourth-order valence-electron chi connectivity index (χ4n) is 1.83. The van der Waals surface area contributed by atoms with E-state index in [2.05, 4.69) is 57.5 Å². The SMILES string of the molecule is CNc1cncc(Nc2cc(C)c(Br)c(C)c2)c1. The predicted molar refractivity (Wildman–Crippen MR) is 80.7 cm³/mol. The van der Waals surface area contributed by atoms with Crippen LogP contribution in [0.5, 0.6) is 0 Å². The monoisotopic (exact) mass is 305 g/mol. The third kappa shape index (κ3) is 2.82. The van der Waals surface area contributed by atoms with Crippen LogP contribution in [0.15, 0.2) is 35.1 Å². The fraction of sp³-hybridized carbons (Fsp3) is 0.214. The van der Waals surface area contributed by atoms with E-state index in [1.54, 1.807) is 6.20 Å². The van der Waals surface area contributed by atoms with Crippen LogP contribution < -0.4 is 10.6 Å². The Hall–Kier alpha value is -1.55. The lowest BCUT2D eigenvalue weighted by Gasteiger charge is -2.11. The molecule has 2 aromatic rings. The molecule has 0 atom stereocenters. The smallest absolute Gasteiger partial charge is 0.0591 e. The van der Waals surface area contributed by atoms with Crippen molar-refractivity contribution in [2.75, 3.05) is 17.7 Å². The number of aromatic nitrogens is 1. The molecule has 0 spiro atoms. The van der Waals surface area contributed by atoms with Gasteiger partial charge in [0.2, 0.25) is 0 Å². The van der Waals surface area contributed by atoms with Gasteiger partial charge in [0.1, 0.15) is 0 Å². The van der Waals surface area contributed by atoms with Crippen LogP contribution in [-0.2, 0) is 0 Å². The highest BCUT2D eigenvalue weighted by atomic mass is 79.9. The van der Waals surface area contributed by atoms with E-state index in [0.717, 1.165) is 21.5 Å². The van der Waals surface area contributed by atoms with Crippen molar-refractivity contribution in [3.63, 3.8) is 0 Å². The lowest BCUT2D eigenvalue weighted by Crippen LogP contribution is -1.95. The number of benzene rings is 1. The zero-order valence-corrected chi connectivity index (χ0v) is 12.3. The van der Waals surface area contributed by atoms with E-state index >= 15 is 0 Å². The van der Waals surface area contributed by atoms with Crippen LogP contribution in [0.2, 0.25) is 0 Å². The maximum Gasteiger partial charge on any atom is 0.0591 e. The van der Waals surface area contributed by atoms with Crippen LogP contribution in [0.1, 0.15) is 11.1 Å². The molecule has 2 rings (SSSR count). The molecule has 0 aliphatic rings. The van der Waals surface area contributed by atoms with Gasteiger partial charge in [0.05, 0.1) is 23.8 Å². The minimum Gasteiger partial charge on any atom is -0.387 e. The van der Waals surface area contributed by atoms with Crippen LogP contribution >= 0.6 is 15.9 Å². The number of pyridine rings is 1. The number of halogens is 1. The van der Waals surface area contributed by atoms with Crippen molar-refractivity contribution in [2.24, 2.45) is 0 Å². The summed E-state index contributed by atoms with van der Waals surface area (Å²) in [5.41, 5.74) is 5.47. The van der Waals surface area contributed by atoms with E-state index in [1.807, 2.05) is 19.3 Å². The Bertz CT molecular complexity index is 544. The van der Waals surface area contributed by atoms with Crippen LogP contribution in [-0.4, -0.2) is 12.0 Å². The highest BCUT2D eigenvalue weighted by Gasteiger charge is 2.03. The van der Waals surface area contributed by atoms with Crippen LogP contribution in [0.25, 0.3) is 0 Å². The van der Waals surface area contributed by atoms with Crippen molar-refractivity contribution in [1.29, 1.82) is 0 Å². The van der Waals surface area contributed by atoms with E-state index in [-0.39, 0.29) is 0 Å². The predicted octanol–water partition coefficient (Wildman–Crippen LogP) is 4.25. The summed E-state index contributed by atoms with van der Waals surface area (Å²) in [4.78, 5) is 4.18. The summed E-state index contributed by atoms with van der Waals surface area (Å²) in [5.74, 6) is 0. The summed E-state index contributed by atoms with van der Waals surface area (Å²) in [5, 5.41) is 6.44. The molecule has 0 fully saturated rings. The van der Waals surface area contributed by atoms with Crippen LogP contribution in [0.4, 0.5) is 17.1 Å². The van der Waals surface area contributed by atoms with Crippen molar-refractivity contribution >= 4 is 33.0 Å². The Morgan fingerprint density at radius 3 is 2.17 bits per heavy atom. The van der Waals surface area contributed by atoms with E-state index in [9.17, 15) is 0 Å². The van der Waals surface area contributed by atoms with Crippen molar-refractivity contribution < 1.29 is 0 Å². The van der Waals surface area contributed by atoms with Gasteiger partial charge >= 0.3 is 0 Å². The molecule has 4 heteroatoms. The maximum atomic E-state index is 4.18. The second-order valence-electron chi connectivity index (χ2n) is 4.26. The highest BCUT2D eigenvalue weighted by molar-refractivity contribution is 9.10. The second kappa shape index (κ2) is 5.40.